The minimum atomic E-state index is -0.134. The van der Waals surface area contributed by atoms with Crippen LogP contribution >= 0.6 is 11.3 Å². The van der Waals surface area contributed by atoms with Gasteiger partial charge in [-0.1, -0.05) is 17.4 Å². The lowest BCUT2D eigenvalue weighted by atomic mass is 10.2. The topological polar surface area (TPSA) is 73.1 Å². The zero-order valence-electron chi connectivity index (χ0n) is 17.2. The Morgan fingerprint density at radius 2 is 2.10 bits per heavy atom. The second kappa shape index (κ2) is 8.62. The van der Waals surface area contributed by atoms with Gasteiger partial charge in [-0.25, -0.2) is 4.98 Å². The number of fused-ring (bicyclic) bond motifs is 1. The summed E-state index contributed by atoms with van der Waals surface area (Å²) in [4.78, 5) is 24.2. The Kier molecular flexibility index (Phi) is 5.76. The quantitative estimate of drug-likeness (QED) is 0.440. The molecule has 1 aromatic carbocycles. The number of carbonyl (C=O) groups excluding carboxylic acids is 1. The normalized spacial score (nSPS) is 11.0. The van der Waals surface area contributed by atoms with Gasteiger partial charge in [0.15, 0.2) is 5.13 Å². The number of pyridine rings is 1. The second-order valence-corrected chi connectivity index (χ2v) is 7.81. The SMILES string of the molecule is CCOc1ccc2nc(N(Cc3cccnc3)C(=O)c3cc(C)nn3CC)sc2c1. The van der Waals surface area contributed by atoms with E-state index in [4.69, 9.17) is 9.72 Å². The molecule has 3 aromatic heterocycles. The highest BCUT2D eigenvalue weighted by molar-refractivity contribution is 7.22. The highest BCUT2D eigenvalue weighted by Gasteiger charge is 2.25. The molecule has 0 aliphatic rings. The van der Waals surface area contributed by atoms with Crippen LogP contribution in [-0.2, 0) is 13.1 Å². The Balaban J connectivity index is 1.76. The van der Waals surface area contributed by atoms with Gasteiger partial charge in [0.05, 0.1) is 29.1 Å². The minimum absolute atomic E-state index is 0.134. The van der Waals surface area contributed by atoms with Crippen molar-refractivity contribution in [2.24, 2.45) is 0 Å². The number of nitrogens with zero attached hydrogens (tertiary/aromatic N) is 5. The molecule has 0 radical (unpaired) electrons. The predicted octanol–water partition coefficient (Wildman–Crippen LogP) is 4.46. The molecule has 0 spiro atoms. The van der Waals surface area contributed by atoms with Gasteiger partial charge in [-0.2, -0.15) is 5.10 Å². The summed E-state index contributed by atoms with van der Waals surface area (Å²) >= 11 is 1.47. The maximum absolute atomic E-state index is 13.6. The summed E-state index contributed by atoms with van der Waals surface area (Å²) in [6, 6.07) is 11.4. The molecule has 0 fully saturated rings. The summed E-state index contributed by atoms with van der Waals surface area (Å²) in [5.74, 6) is 0.662. The minimum Gasteiger partial charge on any atom is -0.494 e. The number of hydrogen-bond donors (Lipinski definition) is 0. The van der Waals surface area contributed by atoms with Crippen LogP contribution in [0.15, 0.2) is 48.8 Å². The Morgan fingerprint density at radius 1 is 1.23 bits per heavy atom. The van der Waals surface area contributed by atoms with Gasteiger partial charge in [0.1, 0.15) is 11.4 Å². The molecule has 4 aromatic rings. The van der Waals surface area contributed by atoms with E-state index in [1.54, 1.807) is 22.0 Å². The van der Waals surface area contributed by atoms with E-state index in [1.807, 2.05) is 57.2 Å². The zero-order chi connectivity index (χ0) is 21.1. The molecule has 0 saturated carbocycles. The molecule has 3 heterocycles. The van der Waals surface area contributed by atoms with E-state index in [0.29, 0.717) is 30.5 Å². The molecule has 0 bridgehead atoms. The first kappa shape index (κ1) is 20.0. The molecule has 0 N–H and O–H groups in total. The first-order valence-corrected chi connectivity index (χ1v) is 10.7. The molecule has 0 atom stereocenters. The molecule has 154 valence electrons. The number of thiazole rings is 1. The average molecular weight is 422 g/mol. The van der Waals surface area contributed by atoms with E-state index >= 15 is 0 Å². The number of rotatable bonds is 7. The molecule has 30 heavy (non-hydrogen) atoms. The van der Waals surface area contributed by atoms with Crippen LogP contribution in [0.3, 0.4) is 0 Å². The average Bonchev–Trinajstić information content (AvgIpc) is 3.35. The molecular formula is C22H23N5O2S. The van der Waals surface area contributed by atoms with Crippen LogP contribution in [0.4, 0.5) is 5.13 Å². The molecule has 4 rings (SSSR count). The number of benzene rings is 1. The molecule has 1 amide bonds. The van der Waals surface area contributed by atoms with Crippen LogP contribution in [0.2, 0.25) is 0 Å². The number of hydrogen-bond acceptors (Lipinski definition) is 6. The fourth-order valence-corrected chi connectivity index (χ4v) is 4.25. The van der Waals surface area contributed by atoms with Gasteiger partial charge in [0.2, 0.25) is 0 Å². The summed E-state index contributed by atoms with van der Waals surface area (Å²) in [6.45, 7) is 7.41. The van der Waals surface area contributed by atoms with Crippen molar-refractivity contribution < 1.29 is 9.53 Å². The molecular weight excluding hydrogens is 398 g/mol. The van der Waals surface area contributed by atoms with Crippen molar-refractivity contribution in [3.05, 3.63) is 65.7 Å². The van der Waals surface area contributed by atoms with E-state index in [2.05, 4.69) is 10.1 Å². The Morgan fingerprint density at radius 3 is 2.83 bits per heavy atom. The van der Waals surface area contributed by atoms with Crippen molar-refractivity contribution in [1.29, 1.82) is 0 Å². The summed E-state index contributed by atoms with van der Waals surface area (Å²) < 4.78 is 8.31. The maximum atomic E-state index is 13.6. The summed E-state index contributed by atoms with van der Waals surface area (Å²) in [5.41, 5.74) is 3.13. The first-order valence-electron chi connectivity index (χ1n) is 9.87. The molecule has 0 aliphatic heterocycles. The smallest absolute Gasteiger partial charge is 0.278 e. The van der Waals surface area contributed by atoms with E-state index in [1.165, 1.54) is 11.3 Å². The van der Waals surface area contributed by atoms with Crippen molar-refractivity contribution >= 4 is 32.6 Å². The summed E-state index contributed by atoms with van der Waals surface area (Å²) in [5, 5.41) is 5.06. The van der Waals surface area contributed by atoms with Crippen LogP contribution in [0.25, 0.3) is 10.2 Å². The van der Waals surface area contributed by atoms with Crippen LogP contribution in [0.5, 0.6) is 5.75 Å². The van der Waals surface area contributed by atoms with Gasteiger partial charge in [0.25, 0.3) is 5.91 Å². The molecule has 0 saturated heterocycles. The molecule has 0 unspecified atom stereocenters. The van der Waals surface area contributed by atoms with Gasteiger partial charge < -0.3 is 4.74 Å². The van der Waals surface area contributed by atoms with Crippen molar-refractivity contribution in [3.8, 4) is 5.75 Å². The Hall–Kier alpha value is -3.26. The van der Waals surface area contributed by atoms with Gasteiger partial charge in [0, 0.05) is 18.9 Å². The number of ether oxygens (including phenoxy) is 1. The van der Waals surface area contributed by atoms with Crippen molar-refractivity contribution in [3.63, 3.8) is 0 Å². The van der Waals surface area contributed by atoms with Gasteiger partial charge in [-0.05, 0) is 56.7 Å². The number of aromatic nitrogens is 4. The lowest BCUT2D eigenvalue weighted by Gasteiger charge is -2.20. The van der Waals surface area contributed by atoms with Gasteiger partial charge in [-0.15, -0.1) is 0 Å². The van der Waals surface area contributed by atoms with Crippen molar-refractivity contribution in [1.82, 2.24) is 19.7 Å². The van der Waals surface area contributed by atoms with Gasteiger partial charge in [-0.3, -0.25) is 19.4 Å². The lowest BCUT2D eigenvalue weighted by Crippen LogP contribution is -2.32. The van der Waals surface area contributed by atoms with Gasteiger partial charge >= 0.3 is 0 Å². The van der Waals surface area contributed by atoms with Crippen molar-refractivity contribution in [2.45, 2.75) is 33.9 Å². The monoisotopic (exact) mass is 421 g/mol. The number of amides is 1. The fraction of sp³-hybridized carbons (Fsp3) is 0.273. The van der Waals surface area contributed by atoms with Crippen LogP contribution < -0.4 is 9.64 Å². The maximum Gasteiger partial charge on any atom is 0.278 e. The van der Waals surface area contributed by atoms with E-state index < -0.39 is 0 Å². The van der Waals surface area contributed by atoms with E-state index in [-0.39, 0.29) is 5.91 Å². The Bertz CT molecular complexity index is 1170. The fourth-order valence-electron chi connectivity index (χ4n) is 3.26. The number of anilines is 1. The number of aryl methyl sites for hydroxylation is 2. The standard InChI is InChI=1S/C22H23N5O2S/c1-4-27-19(11-15(3)25-27)21(28)26(14-16-7-6-10-23-13-16)22-24-18-9-8-17(29-5-2)12-20(18)30-22/h6-13H,4-5,14H2,1-3H3. The second-order valence-electron chi connectivity index (χ2n) is 6.80. The summed E-state index contributed by atoms with van der Waals surface area (Å²) in [7, 11) is 0. The zero-order valence-corrected chi connectivity index (χ0v) is 18.0. The highest BCUT2D eigenvalue weighted by atomic mass is 32.1. The Labute approximate surface area is 179 Å². The third-order valence-electron chi connectivity index (χ3n) is 4.62. The highest BCUT2D eigenvalue weighted by Crippen LogP contribution is 2.33. The lowest BCUT2D eigenvalue weighted by molar-refractivity contribution is 0.0975. The van der Waals surface area contributed by atoms with E-state index in [9.17, 15) is 4.79 Å². The molecule has 8 heteroatoms. The summed E-state index contributed by atoms with van der Waals surface area (Å²) in [6.07, 6.45) is 3.49. The molecule has 0 aliphatic carbocycles. The van der Waals surface area contributed by atoms with Crippen LogP contribution in [0, 0.1) is 6.92 Å². The van der Waals surface area contributed by atoms with Crippen molar-refractivity contribution in [2.75, 3.05) is 11.5 Å². The van der Waals surface area contributed by atoms with Crippen LogP contribution in [0.1, 0.15) is 35.6 Å². The third kappa shape index (κ3) is 4.04. The largest absolute Gasteiger partial charge is 0.494 e. The predicted molar refractivity (Wildman–Crippen MR) is 118 cm³/mol. The first-order chi connectivity index (χ1) is 14.6. The van der Waals surface area contributed by atoms with E-state index in [0.717, 1.165) is 27.2 Å². The van der Waals surface area contributed by atoms with Crippen LogP contribution in [-0.4, -0.2) is 32.3 Å². The molecule has 7 nitrogen and oxygen atoms in total. The number of carbonyl (C=O) groups is 1. The third-order valence-corrected chi connectivity index (χ3v) is 5.66.